The van der Waals surface area contributed by atoms with Crippen LogP contribution in [0.3, 0.4) is 0 Å². The molecule has 1 unspecified atom stereocenters. The third-order valence-electron chi connectivity index (χ3n) is 2.91. The minimum absolute atomic E-state index is 0.0737. The lowest BCUT2D eigenvalue weighted by Gasteiger charge is -2.27. The molecule has 0 saturated heterocycles. The molecule has 0 spiro atoms. The van der Waals surface area contributed by atoms with E-state index in [0.29, 0.717) is 5.89 Å². The summed E-state index contributed by atoms with van der Waals surface area (Å²) in [6, 6.07) is 7.57. The Morgan fingerprint density at radius 1 is 1.39 bits per heavy atom. The van der Waals surface area contributed by atoms with Gasteiger partial charge in [-0.3, -0.25) is 0 Å². The van der Waals surface area contributed by atoms with Crippen molar-refractivity contribution < 1.29 is 9.52 Å². The monoisotopic (exact) mass is 247 g/mol. The summed E-state index contributed by atoms with van der Waals surface area (Å²) in [5.41, 5.74) is 0.960. The van der Waals surface area contributed by atoms with Crippen LogP contribution in [0.5, 0.6) is 0 Å². The van der Waals surface area contributed by atoms with Crippen molar-refractivity contribution in [1.29, 1.82) is 0 Å². The van der Waals surface area contributed by atoms with E-state index in [1.807, 2.05) is 31.2 Å². The van der Waals surface area contributed by atoms with Gasteiger partial charge in [-0.2, -0.15) is 0 Å². The van der Waals surface area contributed by atoms with Crippen molar-refractivity contribution in [2.24, 2.45) is 0 Å². The first-order valence-electron chi connectivity index (χ1n) is 5.82. The number of hydrogen-bond acceptors (Lipinski definition) is 5. The summed E-state index contributed by atoms with van der Waals surface area (Å²) in [5.74, 6) is 0.481. The molecule has 0 aliphatic rings. The van der Waals surface area contributed by atoms with Crippen molar-refractivity contribution in [3.05, 3.63) is 30.7 Å². The first-order valence-corrected chi connectivity index (χ1v) is 5.82. The topological polar surface area (TPSA) is 71.2 Å². The normalized spacial score (nSPS) is 13.3. The van der Waals surface area contributed by atoms with E-state index < -0.39 is 5.60 Å². The molecule has 1 aromatic carbocycles. The summed E-state index contributed by atoms with van der Waals surface area (Å²) in [4.78, 5) is 0. The maximum atomic E-state index is 9.90. The van der Waals surface area contributed by atoms with Gasteiger partial charge in [0.1, 0.15) is 0 Å². The number of rotatable bonds is 4. The first-order chi connectivity index (χ1) is 8.47. The number of nitrogens with one attached hydrogen (secondary N) is 1. The maximum absolute atomic E-state index is 9.90. The molecule has 18 heavy (non-hydrogen) atoms. The molecular weight excluding hydrogens is 230 g/mol. The second-order valence-corrected chi connectivity index (χ2v) is 4.84. The molecule has 0 radical (unpaired) electrons. The molecule has 0 aliphatic carbocycles. The van der Waals surface area contributed by atoms with Crippen LogP contribution in [0.1, 0.15) is 20.8 Å². The molecule has 5 nitrogen and oxygen atoms in total. The summed E-state index contributed by atoms with van der Waals surface area (Å²) in [6.07, 6.45) is 1.30. The Kier molecular flexibility index (Phi) is 3.34. The number of anilines is 1. The van der Waals surface area contributed by atoms with E-state index in [1.165, 1.54) is 6.39 Å². The van der Waals surface area contributed by atoms with Crippen LogP contribution < -0.4 is 5.32 Å². The van der Waals surface area contributed by atoms with Crippen molar-refractivity contribution >= 4 is 5.69 Å². The van der Waals surface area contributed by atoms with Gasteiger partial charge in [-0.25, -0.2) is 0 Å². The van der Waals surface area contributed by atoms with E-state index in [1.54, 1.807) is 13.8 Å². The van der Waals surface area contributed by atoms with E-state index in [4.69, 9.17) is 4.42 Å². The Hall–Kier alpha value is -1.88. The fourth-order valence-corrected chi connectivity index (χ4v) is 1.47. The second-order valence-electron chi connectivity index (χ2n) is 4.84. The van der Waals surface area contributed by atoms with Gasteiger partial charge in [-0.05, 0) is 39.0 Å². The van der Waals surface area contributed by atoms with Gasteiger partial charge in [0.15, 0.2) is 0 Å². The highest BCUT2D eigenvalue weighted by Gasteiger charge is 2.22. The molecule has 96 valence electrons. The van der Waals surface area contributed by atoms with Crippen LogP contribution in [-0.4, -0.2) is 26.9 Å². The number of aromatic nitrogens is 2. The Balaban J connectivity index is 2.18. The molecule has 0 fully saturated rings. The number of hydrogen-bond donors (Lipinski definition) is 2. The van der Waals surface area contributed by atoms with Crippen molar-refractivity contribution in [1.82, 2.24) is 10.2 Å². The van der Waals surface area contributed by atoms with Crippen LogP contribution in [0.15, 0.2) is 35.1 Å². The van der Waals surface area contributed by atoms with Crippen LogP contribution in [-0.2, 0) is 0 Å². The molecule has 2 aromatic rings. The van der Waals surface area contributed by atoms with Gasteiger partial charge in [0.2, 0.25) is 12.3 Å². The first kappa shape index (κ1) is 12.6. The molecule has 2 N–H and O–H groups in total. The standard InChI is InChI=1S/C13H17N3O2/c1-9(13(2,3)17)15-11-6-4-5-10(7-11)12-16-14-8-18-12/h4-9,15,17H,1-3H3. The molecule has 1 aromatic heterocycles. The molecular formula is C13H17N3O2. The van der Waals surface area contributed by atoms with Crippen LogP contribution in [0.4, 0.5) is 5.69 Å². The van der Waals surface area contributed by atoms with Crippen molar-refractivity contribution in [2.75, 3.05) is 5.32 Å². The predicted molar refractivity (Wildman–Crippen MR) is 69.1 cm³/mol. The summed E-state index contributed by atoms with van der Waals surface area (Å²) < 4.78 is 5.15. The smallest absolute Gasteiger partial charge is 0.247 e. The molecule has 0 saturated carbocycles. The summed E-state index contributed by atoms with van der Waals surface area (Å²) in [7, 11) is 0. The van der Waals surface area contributed by atoms with Crippen LogP contribution in [0.2, 0.25) is 0 Å². The largest absolute Gasteiger partial charge is 0.423 e. The zero-order valence-corrected chi connectivity index (χ0v) is 10.7. The summed E-state index contributed by atoms with van der Waals surface area (Å²) in [5, 5.41) is 20.7. The SMILES string of the molecule is CC(Nc1cccc(-c2nnco2)c1)C(C)(C)O. The predicted octanol–water partition coefficient (Wildman–Crippen LogP) is 2.31. The minimum Gasteiger partial charge on any atom is -0.423 e. The molecule has 1 atom stereocenters. The number of benzene rings is 1. The second kappa shape index (κ2) is 4.78. The number of aliphatic hydroxyl groups is 1. The third-order valence-corrected chi connectivity index (χ3v) is 2.91. The maximum Gasteiger partial charge on any atom is 0.247 e. The van der Waals surface area contributed by atoms with Crippen molar-refractivity contribution in [2.45, 2.75) is 32.4 Å². The molecule has 0 aliphatic heterocycles. The van der Waals surface area contributed by atoms with E-state index in [2.05, 4.69) is 15.5 Å². The van der Waals surface area contributed by atoms with Gasteiger partial charge < -0.3 is 14.8 Å². The minimum atomic E-state index is -0.791. The fourth-order valence-electron chi connectivity index (χ4n) is 1.47. The average molecular weight is 247 g/mol. The van der Waals surface area contributed by atoms with Gasteiger partial charge in [-0.15, -0.1) is 10.2 Å². The van der Waals surface area contributed by atoms with Gasteiger partial charge in [0.05, 0.1) is 11.6 Å². The zero-order chi connectivity index (χ0) is 13.2. The Morgan fingerprint density at radius 3 is 2.78 bits per heavy atom. The Bertz CT molecular complexity index is 503. The van der Waals surface area contributed by atoms with Crippen molar-refractivity contribution in [3.63, 3.8) is 0 Å². The van der Waals surface area contributed by atoms with Gasteiger partial charge in [0, 0.05) is 11.3 Å². The lowest BCUT2D eigenvalue weighted by molar-refractivity contribution is 0.0649. The zero-order valence-electron chi connectivity index (χ0n) is 10.7. The van der Waals surface area contributed by atoms with Crippen molar-refractivity contribution in [3.8, 4) is 11.5 Å². The third kappa shape index (κ3) is 2.87. The number of nitrogens with zero attached hydrogens (tertiary/aromatic N) is 2. The van der Waals surface area contributed by atoms with E-state index in [0.717, 1.165) is 11.3 Å². The highest BCUT2D eigenvalue weighted by Crippen LogP contribution is 2.22. The van der Waals surface area contributed by atoms with Gasteiger partial charge >= 0.3 is 0 Å². The Labute approximate surface area is 106 Å². The lowest BCUT2D eigenvalue weighted by atomic mass is 10.0. The highest BCUT2D eigenvalue weighted by atomic mass is 16.4. The lowest BCUT2D eigenvalue weighted by Crippen LogP contribution is -2.39. The van der Waals surface area contributed by atoms with Gasteiger partial charge in [-0.1, -0.05) is 6.07 Å². The summed E-state index contributed by atoms with van der Waals surface area (Å²) >= 11 is 0. The van der Waals surface area contributed by atoms with Gasteiger partial charge in [0.25, 0.3) is 0 Å². The highest BCUT2D eigenvalue weighted by molar-refractivity contribution is 5.61. The quantitative estimate of drug-likeness (QED) is 0.867. The van der Waals surface area contributed by atoms with E-state index in [9.17, 15) is 5.11 Å². The molecule has 0 amide bonds. The molecule has 5 heteroatoms. The van der Waals surface area contributed by atoms with Crippen LogP contribution in [0, 0.1) is 0 Å². The molecule has 0 bridgehead atoms. The Morgan fingerprint density at radius 2 is 2.17 bits per heavy atom. The fraction of sp³-hybridized carbons (Fsp3) is 0.385. The van der Waals surface area contributed by atoms with E-state index >= 15 is 0 Å². The van der Waals surface area contributed by atoms with E-state index in [-0.39, 0.29) is 6.04 Å². The summed E-state index contributed by atoms with van der Waals surface area (Å²) in [6.45, 7) is 5.47. The average Bonchev–Trinajstić information content (AvgIpc) is 2.81. The molecule has 2 rings (SSSR count). The van der Waals surface area contributed by atoms with Crippen LogP contribution in [0.25, 0.3) is 11.5 Å². The molecule has 1 heterocycles. The van der Waals surface area contributed by atoms with Crippen LogP contribution >= 0.6 is 0 Å².